The van der Waals surface area contributed by atoms with Crippen LogP contribution in [0.1, 0.15) is 66.9 Å². The molecule has 2 aromatic carbocycles. The van der Waals surface area contributed by atoms with Gasteiger partial charge in [-0.15, -0.1) is 0 Å². The van der Waals surface area contributed by atoms with Crippen LogP contribution < -0.4 is 5.32 Å². The molecule has 2 aromatic rings. The summed E-state index contributed by atoms with van der Waals surface area (Å²) in [5, 5.41) is 14.0. The van der Waals surface area contributed by atoms with Gasteiger partial charge in [-0.3, -0.25) is 19.7 Å². The summed E-state index contributed by atoms with van der Waals surface area (Å²) in [6.45, 7) is 4.86. The lowest BCUT2D eigenvalue weighted by Crippen LogP contribution is -2.43. The third-order valence-corrected chi connectivity index (χ3v) is 7.03. The molecule has 186 valence electrons. The van der Waals surface area contributed by atoms with Gasteiger partial charge in [0.15, 0.2) is 0 Å². The number of nitrogens with one attached hydrogen (secondary N) is 1. The van der Waals surface area contributed by atoms with E-state index < -0.39 is 11.0 Å². The van der Waals surface area contributed by atoms with E-state index in [0.29, 0.717) is 42.3 Å². The highest BCUT2D eigenvalue weighted by Crippen LogP contribution is 2.27. The van der Waals surface area contributed by atoms with Gasteiger partial charge < -0.3 is 15.0 Å². The lowest BCUT2D eigenvalue weighted by Gasteiger charge is -2.27. The maximum Gasteiger partial charge on any atom is 0.272 e. The van der Waals surface area contributed by atoms with E-state index in [-0.39, 0.29) is 23.6 Å². The number of hydrogen-bond acceptors (Lipinski definition) is 5. The van der Waals surface area contributed by atoms with Crippen molar-refractivity contribution in [2.75, 3.05) is 11.9 Å². The van der Waals surface area contributed by atoms with Gasteiger partial charge in [0.25, 0.3) is 11.6 Å². The van der Waals surface area contributed by atoms with E-state index in [2.05, 4.69) is 12.2 Å². The Morgan fingerprint density at radius 3 is 2.71 bits per heavy atom. The summed E-state index contributed by atoms with van der Waals surface area (Å²) in [6.07, 6.45) is 6.26. The Bertz CT molecular complexity index is 1100. The third-order valence-electron chi connectivity index (χ3n) is 7.03. The summed E-state index contributed by atoms with van der Waals surface area (Å²) in [6, 6.07) is 11.4. The van der Waals surface area contributed by atoms with Gasteiger partial charge in [-0.05, 0) is 68.4 Å². The van der Waals surface area contributed by atoms with E-state index >= 15 is 0 Å². The first kappa shape index (κ1) is 24.9. The Hall–Kier alpha value is -3.26. The van der Waals surface area contributed by atoms with Crippen LogP contribution in [0.2, 0.25) is 0 Å². The first-order valence-electron chi connectivity index (χ1n) is 12.4. The van der Waals surface area contributed by atoms with E-state index in [4.69, 9.17) is 4.74 Å². The molecule has 2 fully saturated rings. The molecule has 35 heavy (non-hydrogen) atoms. The van der Waals surface area contributed by atoms with Crippen molar-refractivity contribution in [1.82, 2.24) is 4.90 Å². The van der Waals surface area contributed by atoms with Crippen LogP contribution in [0.25, 0.3) is 0 Å². The number of carbonyl (C=O) groups excluding carboxylic acids is 2. The normalized spacial score (nSPS) is 22.1. The second-order valence-corrected chi connectivity index (χ2v) is 9.81. The molecule has 1 aliphatic heterocycles. The van der Waals surface area contributed by atoms with Crippen molar-refractivity contribution >= 4 is 23.2 Å². The Morgan fingerprint density at radius 1 is 1.14 bits per heavy atom. The van der Waals surface area contributed by atoms with E-state index in [1.165, 1.54) is 31.0 Å². The number of carbonyl (C=O) groups is 2. The van der Waals surface area contributed by atoms with E-state index in [1.807, 2.05) is 24.3 Å². The Kier molecular flexibility index (Phi) is 7.80. The van der Waals surface area contributed by atoms with Crippen molar-refractivity contribution < 1.29 is 19.2 Å². The molecule has 8 heteroatoms. The lowest BCUT2D eigenvalue weighted by atomic mass is 9.89. The molecule has 1 heterocycles. The van der Waals surface area contributed by atoms with Crippen LogP contribution in [0.15, 0.2) is 42.5 Å². The van der Waals surface area contributed by atoms with Crippen molar-refractivity contribution in [3.05, 3.63) is 69.3 Å². The first-order valence-corrected chi connectivity index (χ1v) is 12.4. The quantitative estimate of drug-likeness (QED) is 0.432. The molecule has 1 N–H and O–H groups in total. The summed E-state index contributed by atoms with van der Waals surface area (Å²) in [7, 11) is 0. The molecule has 2 amide bonds. The average molecular weight is 480 g/mol. The molecule has 4 rings (SSSR count). The highest BCUT2D eigenvalue weighted by molar-refractivity contribution is 6.01. The average Bonchev–Trinajstić information content (AvgIpc) is 3.32. The minimum atomic E-state index is -0.582. The monoisotopic (exact) mass is 479 g/mol. The number of hydrogen-bond donors (Lipinski definition) is 1. The number of benzene rings is 2. The van der Waals surface area contributed by atoms with Gasteiger partial charge in [-0.2, -0.15) is 0 Å². The fourth-order valence-corrected chi connectivity index (χ4v) is 5.15. The summed E-state index contributed by atoms with van der Waals surface area (Å²) in [4.78, 5) is 38.4. The number of nitro benzene ring substituents is 1. The summed E-state index contributed by atoms with van der Waals surface area (Å²) in [5.41, 5.74) is 2.42. The van der Waals surface area contributed by atoms with Crippen molar-refractivity contribution in [3.63, 3.8) is 0 Å². The second-order valence-electron chi connectivity index (χ2n) is 9.81. The standard InChI is InChI=1S/C27H33N3O5/c1-18-6-3-9-23(14-18)35-17-20-7-4-8-22(16-20)28-26(31)25-10-5-13-29(25)27(32)21-11-12-24(30(33)34)19(2)15-21/h4,7-8,11-12,15-16,18,23,25H,3,5-6,9-10,13-14,17H2,1-2H3,(H,28,31). The Labute approximate surface area is 205 Å². The van der Waals surface area contributed by atoms with E-state index in [9.17, 15) is 19.7 Å². The highest BCUT2D eigenvalue weighted by Gasteiger charge is 2.35. The minimum Gasteiger partial charge on any atom is -0.374 e. The zero-order valence-corrected chi connectivity index (χ0v) is 20.4. The van der Waals surface area contributed by atoms with Crippen LogP contribution in [0.5, 0.6) is 0 Å². The number of nitro groups is 1. The molecule has 0 radical (unpaired) electrons. The van der Waals surface area contributed by atoms with Crippen molar-refractivity contribution in [3.8, 4) is 0 Å². The van der Waals surface area contributed by atoms with Gasteiger partial charge in [-0.1, -0.05) is 31.9 Å². The molecule has 1 saturated heterocycles. The summed E-state index contributed by atoms with van der Waals surface area (Å²) in [5.74, 6) is 0.185. The number of rotatable bonds is 7. The molecule has 1 aliphatic carbocycles. The molecule has 2 aliphatic rings. The smallest absolute Gasteiger partial charge is 0.272 e. The zero-order chi connectivity index (χ0) is 24.9. The number of anilines is 1. The molecular weight excluding hydrogens is 446 g/mol. The summed E-state index contributed by atoms with van der Waals surface area (Å²) < 4.78 is 6.12. The van der Waals surface area contributed by atoms with Crippen LogP contribution in [-0.2, 0) is 16.1 Å². The van der Waals surface area contributed by atoms with E-state index in [0.717, 1.165) is 24.8 Å². The van der Waals surface area contributed by atoms with Gasteiger partial charge in [0, 0.05) is 29.4 Å². The zero-order valence-electron chi connectivity index (χ0n) is 20.4. The first-order chi connectivity index (χ1) is 16.8. The van der Waals surface area contributed by atoms with Crippen molar-refractivity contribution in [2.45, 2.75) is 71.1 Å². The molecule has 0 bridgehead atoms. The predicted octanol–water partition coefficient (Wildman–Crippen LogP) is 5.24. The molecular formula is C27H33N3O5. The van der Waals surface area contributed by atoms with Gasteiger partial charge in [0.05, 0.1) is 17.6 Å². The number of aryl methyl sites for hydroxylation is 1. The fraction of sp³-hybridized carbons (Fsp3) is 0.481. The predicted molar refractivity (Wildman–Crippen MR) is 133 cm³/mol. The van der Waals surface area contributed by atoms with E-state index in [1.54, 1.807) is 11.8 Å². The molecule has 8 nitrogen and oxygen atoms in total. The van der Waals surface area contributed by atoms with Gasteiger partial charge >= 0.3 is 0 Å². The maximum atomic E-state index is 13.1. The fourth-order valence-electron chi connectivity index (χ4n) is 5.15. The lowest BCUT2D eigenvalue weighted by molar-refractivity contribution is -0.385. The minimum absolute atomic E-state index is 0.0286. The number of likely N-dealkylation sites (tertiary alicyclic amines) is 1. The molecule has 1 saturated carbocycles. The summed E-state index contributed by atoms with van der Waals surface area (Å²) >= 11 is 0. The Morgan fingerprint density at radius 2 is 1.97 bits per heavy atom. The second kappa shape index (κ2) is 11.0. The largest absolute Gasteiger partial charge is 0.374 e. The Balaban J connectivity index is 1.38. The number of nitrogens with zero attached hydrogens (tertiary/aromatic N) is 2. The van der Waals surface area contributed by atoms with Crippen LogP contribution in [0, 0.1) is 23.0 Å². The molecule has 3 unspecified atom stereocenters. The van der Waals surface area contributed by atoms with Crippen molar-refractivity contribution in [2.24, 2.45) is 5.92 Å². The maximum absolute atomic E-state index is 13.1. The molecule has 0 spiro atoms. The topological polar surface area (TPSA) is 102 Å². The highest BCUT2D eigenvalue weighted by atomic mass is 16.6. The van der Waals surface area contributed by atoms with Crippen LogP contribution in [0.3, 0.4) is 0 Å². The number of ether oxygens (including phenoxy) is 1. The van der Waals surface area contributed by atoms with Crippen LogP contribution >= 0.6 is 0 Å². The SMILES string of the molecule is Cc1cc(C(=O)N2CCCC2C(=O)Nc2cccc(COC3CCCC(C)C3)c2)ccc1[N+](=O)[O-]. The number of amides is 2. The third kappa shape index (κ3) is 6.06. The van der Waals surface area contributed by atoms with Crippen molar-refractivity contribution in [1.29, 1.82) is 0 Å². The van der Waals surface area contributed by atoms with Gasteiger partial charge in [-0.25, -0.2) is 0 Å². The van der Waals surface area contributed by atoms with Gasteiger partial charge in [0.2, 0.25) is 5.91 Å². The van der Waals surface area contributed by atoms with Gasteiger partial charge in [0.1, 0.15) is 6.04 Å². The van der Waals surface area contributed by atoms with Crippen LogP contribution in [-0.4, -0.2) is 40.3 Å². The molecule has 3 atom stereocenters. The van der Waals surface area contributed by atoms with Crippen LogP contribution in [0.4, 0.5) is 11.4 Å². The molecule has 0 aromatic heterocycles.